The van der Waals surface area contributed by atoms with E-state index in [0.29, 0.717) is 18.0 Å². The number of non-ortho nitro benzene ring substituents is 1. The zero-order chi connectivity index (χ0) is 20.8. The summed E-state index contributed by atoms with van der Waals surface area (Å²) in [5, 5.41) is 16.7. The van der Waals surface area contributed by atoms with Crippen molar-refractivity contribution in [3.05, 3.63) is 57.6 Å². The Morgan fingerprint density at radius 2 is 2.21 bits per heavy atom. The van der Waals surface area contributed by atoms with Gasteiger partial charge < -0.3 is 20.1 Å². The molecule has 1 fully saturated rings. The molecule has 2 aromatic carbocycles. The first-order valence-corrected chi connectivity index (χ1v) is 9.66. The molecule has 154 valence electrons. The maximum Gasteiger partial charge on any atom is 0.271 e. The summed E-state index contributed by atoms with van der Waals surface area (Å²) in [6.07, 6.45) is 2.18. The van der Waals surface area contributed by atoms with Gasteiger partial charge in [0.05, 0.1) is 21.7 Å². The molecule has 0 aromatic heterocycles. The van der Waals surface area contributed by atoms with Gasteiger partial charge in [-0.25, -0.2) is 0 Å². The average molecular weight is 420 g/mol. The number of hydrogen-bond acceptors (Lipinski definition) is 6. The summed E-state index contributed by atoms with van der Waals surface area (Å²) < 4.78 is 11.3. The predicted molar refractivity (Wildman–Crippen MR) is 111 cm³/mol. The molecule has 9 heteroatoms. The van der Waals surface area contributed by atoms with E-state index in [9.17, 15) is 14.9 Å². The second kappa shape index (κ2) is 9.58. The summed E-state index contributed by atoms with van der Waals surface area (Å²) in [5.41, 5.74) is 0.899. The van der Waals surface area contributed by atoms with Crippen LogP contribution in [0.1, 0.15) is 19.8 Å². The van der Waals surface area contributed by atoms with Crippen LogP contribution in [0.25, 0.3) is 0 Å². The summed E-state index contributed by atoms with van der Waals surface area (Å²) in [6, 6.07) is 10.7. The van der Waals surface area contributed by atoms with E-state index in [1.165, 1.54) is 18.2 Å². The summed E-state index contributed by atoms with van der Waals surface area (Å²) in [6.45, 7) is 2.98. The normalized spacial score (nSPS) is 16.8. The molecule has 1 saturated heterocycles. The third-order valence-corrected chi connectivity index (χ3v) is 4.80. The van der Waals surface area contributed by atoms with Crippen molar-refractivity contribution < 1.29 is 19.2 Å². The number of halogens is 1. The SMILES string of the molecule is C[C@@H](Nc1cccc(OC[C@@H]2CCCO2)c1)C(=O)Nc1ccc([N+](=O)[O-])cc1Cl. The number of nitro groups is 1. The standard InChI is InChI=1S/C20H22ClN3O5/c1-13(20(25)23-19-8-7-15(24(26)27)11-18(19)21)22-14-4-2-5-16(10-14)29-12-17-6-3-9-28-17/h2,4-5,7-8,10-11,13,17,22H,3,6,9,12H2,1H3,(H,23,25)/t13-,17+/m1/s1. The van der Waals surface area contributed by atoms with Crippen molar-refractivity contribution in [1.82, 2.24) is 0 Å². The van der Waals surface area contributed by atoms with Crippen molar-refractivity contribution in [1.29, 1.82) is 0 Å². The van der Waals surface area contributed by atoms with Crippen LogP contribution in [0.15, 0.2) is 42.5 Å². The first kappa shape index (κ1) is 20.9. The van der Waals surface area contributed by atoms with Crippen molar-refractivity contribution in [2.24, 2.45) is 0 Å². The Kier molecular flexibility index (Phi) is 6.90. The van der Waals surface area contributed by atoms with Gasteiger partial charge in [0.15, 0.2) is 0 Å². The molecule has 2 atom stereocenters. The highest BCUT2D eigenvalue weighted by atomic mass is 35.5. The molecule has 0 bridgehead atoms. The Morgan fingerprint density at radius 3 is 2.90 bits per heavy atom. The van der Waals surface area contributed by atoms with Gasteiger partial charge in [-0.15, -0.1) is 0 Å². The molecule has 0 saturated carbocycles. The number of rotatable bonds is 8. The fourth-order valence-corrected chi connectivity index (χ4v) is 3.14. The number of carbonyl (C=O) groups is 1. The second-order valence-electron chi connectivity index (χ2n) is 6.75. The van der Waals surface area contributed by atoms with E-state index in [2.05, 4.69) is 10.6 Å². The van der Waals surface area contributed by atoms with E-state index in [-0.39, 0.29) is 22.7 Å². The molecule has 1 heterocycles. The van der Waals surface area contributed by atoms with Gasteiger partial charge in [0.2, 0.25) is 5.91 Å². The maximum absolute atomic E-state index is 12.5. The predicted octanol–water partition coefficient (Wildman–Crippen LogP) is 4.25. The van der Waals surface area contributed by atoms with Gasteiger partial charge >= 0.3 is 0 Å². The molecule has 1 aliphatic heterocycles. The number of benzene rings is 2. The van der Waals surface area contributed by atoms with Crippen LogP contribution >= 0.6 is 11.6 Å². The second-order valence-corrected chi connectivity index (χ2v) is 7.16. The molecule has 0 radical (unpaired) electrons. The molecule has 3 rings (SSSR count). The Labute approximate surface area is 173 Å². The number of nitrogens with one attached hydrogen (secondary N) is 2. The van der Waals surface area contributed by atoms with Gasteiger partial charge in [-0.2, -0.15) is 0 Å². The van der Waals surface area contributed by atoms with Gasteiger partial charge in [-0.05, 0) is 38.0 Å². The maximum atomic E-state index is 12.5. The molecule has 8 nitrogen and oxygen atoms in total. The van der Waals surface area contributed by atoms with Crippen molar-refractivity contribution >= 4 is 34.6 Å². The third-order valence-electron chi connectivity index (χ3n) is 4.49. The van der Waals surface area contributed by atoms with Crippen LogP contribution in [-0.4, -0.2) is 36.2 Å². The Hall–Kier alpha value is -2.84. The molecule has 2 aromatic rings. The lowest BCUT2D eigenvalue weighted by atomic mass is 10.2. The minimum atomic E-state index is -0.574. The molecule has 0 spiro atoms. The van der Waals surface area contributed by atoms with Crippen molar-refractivity contribution in [2.45, 2.75) is 31.9 Å². The minimum Gasteiger partial charge on any atom is -0.491 e. The van der Waals surface area contributed by atoms with Crippen LogP contribution < -0.4 is 15.4 Å². The highest BCUT2D eigenvalue weighted by Gasteiger charge is 2.18. The molecular formula is C20H22ClN3O5. The Balaban J connectivity index is 1.56. The van der Waals surface area contributed by atoms with E-state index in [1.807, 2.05) is 24.3 Å². The average Bonchev–Trinajstić information content (AvgIpc) is 3.21. The van der Waals surface area contributed by atoms with E-state index in [0.717, 1.165) is 25.1 Å². The smallest absolute Gasteiger partial charge is 0.271 e. The summed E-state index contributed by atoms with van der Waals surface area (Å²) in [5.74, 6) is 0.364. The van der Waals surface area contributed by atoms with Gasteiger partial charge in [0, 0.05) is 30.5 Å². The number of ether oxygens (including phenoxy) is 2. The quantitative estimate of drug-likeness (QED) is 0.490. The lowest BCUT2D eigenvalue weighted by Crippen LogP contribution is -2.32. The van der Waals surface area contributed by atoms with Gasteiger partial charge in [0.25, 0.3) is 5.69 Å². The lowest BCUT2D eigenvalue weighted by molar-refractivity contribution is -0.384. The minimum absolute atomic E-state index is 0.101. The monoisotopic (exact) mass is 419 g/mol. The van der Waals surface area contributed by atoms with Crippen LogP contribution in [0.3, 0.4) is 0 Å². The molecule has 29 heavy (non-hydrogen) atoms. The fraction of sp³-hybridized carbons (Fsp3) is 0.350. The highest BCUT2D eigenvalue weighted by molar-refractivity contribution is 6.34. The van der Waals surface area contributed by atoms with Crippen molar-refractivity contribution in [2.75, 3.05) is 23.8 Å². The first-order chi connectivity index (χ1) is 13.9. The number of hydrogen-bond donors (Lipinski definition) is 2. The van der Waals surface area contributed by atoms with E-state index < -0.39 is 11.0 Å². The Bertz CT molecular complexity index is 886. The molecule has 1 aliphatic rings. The number of carbonyl (C=O) groups excluding carboxylic acids is 1. The van der Waals surface area contributed by atoms with Crippen LogP contribution in [0.2, 0.25) is 5.02 Å². The third kappa shape index (κ3) is 5.82. The Morgan fingerprint density at radius 1 is 1.38 bits per heavy atom. The summed E-state index contributed by atoms with van der Waals surface area (Å²) in [4.78, 5) is 22.7. The van der Waals surface area contributed by atoms with Crippen molar-refractivity contribution in [3.8, 4) is 5.75 Å². The van der Waals surface area contributed by atoms with Gasteiger partial charge in [0.1, 0.15) is 18.4 Å². The zero-order valence-electron chi connectivity index (χ0n) is 15.9. The molecule has 1 amide bonds. The van der Waals surface area contributed by atoms with Crippen LogP contribution in [0, 0.1) is 10.1 Å². The number of nitrogens with zero attached hydrogens (tertiary/aromatic N) is 1. The molecule has 2 N–H and O–H groups in total. The van der Waals surface area contributed by atoms with Crippen LogP contribution in [-0.2, 0) is 9.53 Å². The van der Waals surface area contributed by atoms with Gasteiger partial charge in [-0.3, -0.25) is 14.9 Å². The van der Waals surface area contributed by atoms with E-state index in [1.54, 1.807) is 6.92 Å². The molecule has 0 unspecified atom stereocenters. The zero-order valence-corrected chi connectivity index (χ0v) is 16.6. The molecule has 0 aliphatic carbocycles. The largest absolute Gasteiger partial charge is 0.491 e. The fourth-order valence-electron chi connectivity index (χ4n) is 2.92. The van der Waals surface area contributed by atoms with Crippen LogP contribution in [0.4, 0.5) is 17.1 Å². The van der Waals surface area contributed by atoms with E-state index >= 15 is 0 Å². The number of anilines is 2. The number of amides is 1. The van der Waals surface area contributed by atoms with Gasteiger partial charge in [-0.1, -0.05) is 17.7 Å². The summed E-state index contributed by atoms with van der Waals surface area (Å²) in [7, 11) is 0. The highest BCUT2D eigenvalue weighted by Crippen LogP contribution is 2.27. The van der Waals surface area contributed by atoms with Crippen LogP contribution in [0.5, 0.6) is 5.75 Å². The topological polar surface area (TPSA) is 103 Å². The summed E-state index contributed by atoms with van der Waals surface area (Å²) >= 11 is 6.03. The van der Waals surface area contributed by atoms with E-state index in [4.69, 9.17) is 21.1 Å². The number of nitro benzene ring substituents is 1. The molecular weight excluding hydrogens is 398 g/mol. The first-order valence-electron chi connectivity index (χ1n) is 9.28. The lowest BCUT2D eigenvalue weighted by Gasteiger charge is -2.17. The van der Waals surface area contributed by atoms with Crippen molar-refractivity contribution in [3.63, 3.8) is 0 Å².